The van der Waals surface area contributed by atoms with E-state index in [4.69, 9.17) is 9.47 Å². The molecule has 2 aliphatic rings. The first-order valence-corrected chi connectivity index (χ1v) is 6.28. The molecule has 5 heteroatoms. The molecule has 0 aromatic rings. The molecule has 0 bridgehead atoms. The van der Waals surface area contributed by atoms with Gasteiger partial charge in [-0.25, -0.2) is 0 Å². The first-order valence-electron chi connectivity index (χ1n) is 6.28. The Balaban J connectivity index is 1.69. The summed E-state index contributed by atoms with van der Waals surface area (Å²) in [5, 5.41) is 6.12. The van der Waals surface area contributed by atoms with Gasteiger partial charge in [0.05, 0.1) is 6.61 Å². The molecular formula is C12H22N2O3. The molecule has 2 unspecified atom stereocenters. The number of carbonyl (C=O) groups excluding carboxylic acids is 1. The molecule has 5 nitrogen and oxygen atoms in total. The van der Waals surface area contributed by atoms with E-state index in [-0.39, 0.29) is 17.9 Å². The lowest BCUT2D eigenvalue weighted by molar-refractivity contribution is -0.140. The van der Waals surface area contributed by atoms with Crippen molar-refractivity contribution in [2.24, 2.45) is 11.8 Å². The fourth-order valence-corrected chi connectivity index (χ4v) is 2.12. The van der Waals surface area contributed by atoms with Crippen LogP contribution in [0.4, 0.5) is 0 Å². The molecule has 1 amide bonds. The topological polar surface area (TPSA) is 59.6 Å². The molecular weight excluding hydrogens is 220 g/mol. The number of hydrogen-bond acceptors (Lipinski definition) is 4. The summed E-state index contributed by atoms with van der Waals surface area (Å²) in [5.74, 6) is 0.155. The van der Waals surface area contributed by atoms with E-state index < -0.39 is 5.79 Å². The second kappa shape index (κ2) is 4.92. The van der Waals surface area contributed by atoms with E-state index in [2.05, 4.69) is 10.6 Å². The van der Waals surface area contributed by atoms with Gasteiger partial charge in [-0.05, 0) is 32.9 Å². The van der Waals surface area contributed by atoms with Crippen LogP contribution in [0.15, 0.2) is 0 Å². The summed E-state index contributed by atoms with van der Waals surface area (Å²) in [7, 11) is 0. The molecule has 0 spiro atoms. The van der Waals surface area contributed by atoms with Crippen LogP contribution >= 0.6 is 0 Å². The van der Waals surface area contributed by atoms with Crippen LogP contribution < -0.4 is 10.6 Å². The number of ether oxygens (including phenoxy) is 2. The Morgan fingerprint density at radius 3 is 2.71 bits per heavy atom. The molecule has 0 saturated carbocycles. The summed E-state index contributed by atoms with van der Waals surface area (Å²) < 4.78 is 11.1. The van der Waals surface area contributed by atoms with Gasteiger partial charge >= 0.3 is 0 Å². The van der Waals surface area contributed by atoms with Crippen LogP contribution in [0.1, 0.15) is 20.8 Å². The second-order valence-electron chi connectivity index (χ2n) is 5.40. The van der Waals surface area contributed by atoms with Gasteiger partial charge in [0.25, 0.3) is 0 Å². The van der Waals surface area contributed by atoms with Gasteiger partial charge in [0, 0.05) is 12.5 Å². The summed E-state index contributed by atoms with van der Waals surface area (Å²) in [6, 6.07) is 0. The van der Waals surface area contributed by atoms with Gasteiger partial charge in [0.2, 0.25) is 5.91 Å². The van der Waals surface area contributed by atoms with E-state index in [9.17, 15) is 4.79 Å². The Labute approximate surface area is 102 Å². The van der Waals surface area contributed by atoms with Crippen molar-refractivity contribution in [3.8, 4) is 0 Å². The fourth-order valence-electron chi connectivity index (χ4n) is 2.12. The number of rotatable bonds is 4. The Kier molecular flexibility index (Phi) is 3.70. The van der Waals surface area contributed by atoms with E-state index in [0.717, 1.165) is 13.1 Å². The van der Waals surface area contributed by atoms with Crippen molar-refractivity contribution < 1.29 is 14.3 Å². The maximum absolute atomic E-state index is 11.9. The highest BCUT2D eigenvalue weighted by Crippen LogP contribution is 2.22. The lowest BCUT2D eigenvalue weighted by Crippen LogP contribution is -2.50. The Morgan fingerprint density at radius 2 is 2.24 bits per heavy atom. The first kappa shape index (κ1) is 12.8. The highest BCUT2D eigenvalue weighted by atomic mass is 16.7. The van der Waals surface area contributed by atoms with Crippen molar-refractivity contribution in [3.63, 3.8) is 0 Å². The van der Waals surface area contributed by atoms with E-state index >= 15 is 0 Å². The minimum absolute atomic E-state index is 0.0272. The predicted octanol–water partition coefficient (Wildman–Crippen LogP) is 0.110. The van der Waals surface area contributed by atoms with Crippen LogP contribution in [0.3, 0.4) is 0 Å². The van der Waals surface area contributed by atoms with Gasteiger partial charge in [-0.1, -0.05) is 6.92 Å². The lowest BCUT2D eigenvalue weighted by Gasteiger charge is -2.31. The lowest BCUT2D eigenvalue weighted by atomic mass is 9.88. The van der Waals surface area contributed by atoms with Crippen LogP contribution in [-0.2, 0) is 14.3 Å². The van der Waals surface area contributed by atoms with Crippen LogP contribution in [0, 0.1) is 11.8 Å². The molecule has 0 aromatic carbocycles. The third-order valence-electron chi connectivity index (χ3n) is 3.50. The molecule has 2 heterocycles. The van der Waals surface area contributed by atoms with Gasteiger partial charge in [-0.2, -0.15) is 0 Å². The average molecular weight is 242 g/mol. The normalized spacial score (nSPS) is 29.7. The molecule has 2 rings (SSSR count). The van der Waals surface area contributed by atoms with E-state index in [1.54, 1.807) is 0 Å². The smallest absolute Gasteiger partial charge is 0.223 e. The third-order valence-corrected chi connectivity index (χ3v) is 3.50. The maximum atomic E-state index is 11.9. The zero-order valence-electron chi connectivity index (χ0n) is 10.8. The monoisotopic (exact) mass is 242 g/mol. The average Bonchev–Trinajstić information content (AvgIpc) is 2.52. The molecule has 2 aliphatic heterocycles. The zero-order chi connectivity index (χ0) is 12.5. The van der Waals surface area contributed by atoms with Crippen molar-refractivity contribution in [2.45, 2.75) is 32.7 Å². The van der Waals surface area contributed by atoms with Gasteiger partial charge in [-0.3, -0.25) is 4.79 Å². The minimum Gasteiger partial charge on any atom is -0.353 e. The van der Waals surface area contributed by atoms with Crippen molar-refractivity contribution in [1.29, 1.82) is 0 Å². The highest BCUT2D eigenvalue weighted by Gasteiger charge is 2.34. The first-order chi connectivity index (χ1) is 7.98. The van der Waals surface area contributed by atoms with Crippen molar-refractivity contribution >= 4 is 5.91 Å². The van der Waals surface area contributed by atoms with Crippen molar-refractivity contribution in [2.75, 3.05) is 26.2 Å². The Morgan fingerprint density at radius 1 is 1.53 bits per heavy atom. The SMILES string of the molecule is CC(C(=O)NCC1COC(C)(C)O1)C1CNC1. The maximum Gasteiger partial charge on any atom is 0.223 e. The quantitative estimate of drug-likeness (QED) is 0.734. The van der Waals surface area contributed by atoms with Crippen LogP contribution in [0.25, 0.3) is 0 Å². The van der Waals surface area contributed by atoms with Gasteiger partial charge < -0.3 is 20.1 Å². The highest BCUT2D eigenvalue weighted by molar-refractivity contribution is 5.78. The van der Waals surface area contributed by atoms with Crippen LogP contribution in [0.5, 0.6) is 0 Å². The van der Waals surface area contributed by atoms with E-state index in [0.29, 0.717) is 19.1 Å². The van der Waals surface area contributed by atoms with Crippen LogP contribution in [0.2, 0.25) is 0 Å². The molecule has 2 fully saturated rings. The molecule has 98 valence electrons. The molecule has 17 heavy (non-hydrogen) atoms. The summed E-state index contributed by atoms with van der Waals surface area (Å²) in [6.45, 7) is 8.74. The molecule has 2 atom stereocenters. The fraction of sp³-hybridized carbons (Fsp3) is 0.917. The molecule has 0 aliphatic carbocycles. The Bertz CT molecular complexity index is 289. The van der Waals surface area contributed by atoms with Crippen molar-refractivity contribution in [1.82, 2.24) is 10.6 Å². The standard InChI is InChI=1S/C12H22N2O3/c1-8(9-4-13-5-9)11(15)14-6-10-7-16-12(2,3)17-10/h8-10,13H,4-7H2,1-3H3,(H,14,15). The van der Waals surface area contributed by atoms with Gasteiger partial charge in [-0.15, -0.1) is 0 Å². The summed E-state index contributed by atoms with van der Waals surface area (Å²) in [6.07, 6.45) is -0.0272. The molecule has 0 aromatic heterocycles. The number of carbonyl (C=O) groups is 1. The zero-order valence-corrected chi connectivity index (χ0v) is 10.8. The number of hydrogen-bond donors (Lipinski definition) is 2. The summed E-state index contributed by atoms with van der Waals surface area (Å²) in [5.41, 5.74) is 0. The van der Waals surface area contributed by atoms with E-state index in [1.165, 1.54) is 0 Å². The van der Waals surface area contributed by atoms with Gasteiger partial charge in [0.15, 0.2) is 5.79 Å². The number of amides is 1. The van der Waals surface area contributed by atoms with Gasteiger partial charge in [0.1, 0.15) is 6.10 Å². The third kappa shape index (κ3) is 3.18. The summed E-state index contributed by atoms with van der Waals surface area (Å²) in [4.78, 5) is 11.9. The summed E-state index contributed by atoms with van der Waals surface area (Å²) >= 11 is 0. The van der Waals surface area contributed by atoms with E-state index in [1.807, 2.05) is 20.8 Å². The molecule has 0 radical (unpaired) electrons. The second-order valence-corrected chi connectivity index (χ2v) is 5.40. The Hall–Kier alpha value is -0.650. The molecule has 2 N–H and O–H groups in total. The predicted molar refractivity (Wildman–Crippen MR) is 63.4 cm³/mol. The van der Waals surface area contributed by atoms with Crippen molar-refractivity contribution in [3.05, 3.63) is 0 Å². The number of nitrogens with one attached hydrogen (secondary N) is 2. The molecule has 2 saturated heterocycles. The van der Waals surface area contributed by atoms with Crippen LogP contribution in [-0.4, -0.2) is 44.0 Å². The minimum atomic E-state index is -0.515. The largest absolute Gasteiger partial charge is 0.353 e.